The molecule has 0 aromatic carbocycles. The van der Waals surface area contributed by atoms with Gasteiger partial charge in [0, 0.05) is 13.1 Å². The lowest BCUT2D eigenvalue weighted by molar-refractivity contribution is 0.281. The zero-order valence-electron chi connectivity index (χ0n) is 10.9. The fourth-order valence-electron chi connectivity index (χ4n) is 2.75. The third-order valence-corrected chi connectivity index (χ3v) is 5.77. The molecule has 0 atom stereocenters. The average Bonchev–Trinajstić information content (AvgIpc) is 2.78. The molecule has 5 nitrogen and oxygen atoms in total. The molecule has 1 saturated carbocycles. The van der Waals surface area contributed by atoms with E-state index in [4.69, 9.17) is 0 Å². The molecule has 0 radical (unpaired) electrons. The Bertz CT molecular complexity index is 427. The van der Waals surface area contributed by atoms with Crippen molar-refractivity contribution < 1.29 is 8.42 Å². The van der Waals surface area contributed by atoms with Gasteiger partial charge < -0.3 is 0 Å². The molecule has 102 valence electrons. The van der Waals surface area contributed by atoms with Gasteiger partial charge in [-0.1, -0.05) is 19.8 Å². The standard InChI is InChI=1S/C12H21N3O2S/c1-11-4-8-15(9-5-11)18(16,17)14-12(10-13)6-2-3-7-12/h11,14H,2-9H2,1H3. The lowest BCUT2D eigenvalue weighted by Gasteiger charge is -2.32. The van der Waals surface area contributed by atoms with Gasteiger partial charge in [-0.2, -0.15) is 22.7 Å². The first-order valence-corrected chi connectivity index (χ1v) is 8.12. The van der Waals surface area contributed by atoms with Crippen molar-refractivity contribution in [3.63, 3.8) is 0 Å². The molecule has 18 heavy (non-hydrogen) atoms. The second kappa shape index (κ2) is 5.16. The fourth-order valence-corrected chi connectivity index (χ4v) is 4.32. The van der Waals surface area contributed by atoms with Gasteiger partial charge in [0.1, 0.15) is 5.54 Å². The van der Waals surface area contributed by atoms with E-state index in [-0.39, 0.29) is 0 Å². The monoisotopic (exact) mass is 271 g/mol. The Balaban J connectivity index is 2.05. The van der Waals surface area contributed by atoms with Crippen molar-refractivity contribution in [3.8, 4) is 6.07 Å². The van der Waals surface area contributed by atoms with Crippen LogP contribution in [0.1, 0.15) is 45.4 Å². The van der Waals surface area contributed by atoms with E-state index >= 15 is 0 Å². The Morgan fingerprint density at radius 2 is 1.83 bits per heavy atom. The Labute approximate surface area is 109 Å². The molecule has 0 aromatic heterocycles. The van der Waals surface area contributed by atoms with Gasteiger partial charge in [0.15, 0.2) is 0 Å². The SMILES string of the molecule is CC1CCN(S(=O)(=O)NC2(C#N)CCCC2)CC1. The highest BCUT2D eigenvalue weighted by molar-refractivity contribution is 7.87. The lowest BCUT2D eigenvalue weighted by atomic mass is 10.0. The van der Waals surface area contributed by atoms with Crippen LogP contribution in [0.25, 0.3) is 0 Å². The normalized spacial score (nSPS) is 26.0. The molecule has 1 N–H and O–H groups in total. The number of hydrogen-bond donors (Lipinski definition) is 1. The Hall–Kier alpha value is -0.640. The van der Waals surface area contributed by atoms with E-state index in [9.17, 15) is 13.7 Å². The van der Waals surface area contributed by atoms with Gasteiger partial charge in [0.25, 0.3) is 10.2 Å². The van der Waals surface area contributed by atoms with Gasteiger partial charge in [-0.3, -0.25) is 0 Å². The summed E-state index contributed by atoms with van der Waals surface area (Å²) in [6.45, 7) is 3.28. The van der Waals surface area contributed by atoms with E-state index in [1.54, 1.807) is 0 Å². The maximum atomic E-state index is 12.3. The van der Waals surface area contributed by atoms with E-state index in [1.165, 1.54) is 4.31 Å². The quantitative estimate of drug-likeness (QED) is 0.843. The van der Waals surface area contributed by atoms with Crippen molar-refractivity contribution >= 4 is 10.2 Å². The van der Waals surface area contributed by atoms with E-state index in [1.807, 2.05) is 0 Å². The Morgan fingerprint density at radius 3 is 2.33 bits per heavy atom. The summed E-state index contributed by atoms with van der Waals surface area (Å²) in [6, 6.07) is 2.16. The maximum Gasteiger partial charge on any atom is 0.280 e. The predicted molar refractivity (Wildman–Crippen MR) is 68.8 cm³/mol. The third-order valence-electron chi connectivity index (χ3n) is 4.08. The smallest absolute Gasteiger partial charge is 0.196 e. The zero-order chi connectivity index (χ0) is 13.2. The van der Waals surface area contributed by atoms with Crippen molar-refractivity contribution in [2.75, 3.05) is 13.1 Å². The van der Waals surface area contributed by atoms with Crippen LogP contribution < -0.4 is 4.72 Å². The molecule has 1 heterocycles. The minimum atomic E-state index is -3.50. The number of nitrogens with zero attached hydrogens (tertiary/aromatic N) is 2. The maximum absolute atomic E-state index is 12.3. The second-order valence-corrected chi connectivity index (χ2v) is 7.26. The van der Waals surface area contributed by atoms with Crippen LogP contribution in [0.15, 0.2) is 0 Å². The van der Waals surface area contributed by atoms with Crippen LogP contribution in [0.4, 0.5) is 0 Å². The van der Waals surface area contributed by atoms with E-state index in [2.05, 4.69) is 17.7 Å². The predicted octanol–water partition coefficient (Wildman–Crippen LogP) is 1.39. The van der Waals surface area contributed by atoms with Gasteiger partial charge in [-0.05, 0) is 31.6 Å². The van der Waals surface area contributed by atoms with Crippen molar-refractivity contribution in [1.29, 1.82) is 5.26 Å². The highest BCUT2D eigenvalue weighted by atomic mass is 32.2. The third kappa shape index (κ3) is 2.85. The topological polar surface area (TPSA) is 73.2 Å². The summed E-state index contributed by atoms with van der Waals surface area (Å²) in [5, 5.41) is 9.22. The number of hydrogen-bond acceptors (Lipinski definition) is 3. The van der Waals surface area contributed by atoms with Crippen LogP contribution >= 0.6 is 0 Å². The molecule has 2 rings (SSSR count). The summed E-state index contributed by atoms with van der Waals surface area (Å²) in [7, 11) is -3.50. The van der Waals surface area contributed by atoms with Crippen LogP contribution in [0.3, 0.4) is 0 Å². The van der Waals surface area contributed by atoms with E-state index < -0.39 is 15.7 Å². The van der Waals surface area contributed by atoms with Crippen molar-refractivity contribution in [2.45, 2.75) is 51.0 Å². The number of nitriles is 1. The first-order chi connectivity index (χ1) is 8.47. The second-order valence-electron chi connectivity index (χ2n) is 5.59. The molecule has 1 aliphatic heterocycles. The summed E-state index contributed by atoms with van der Waals surface area (Å²) in [5.41, 5.74) is -0.859. The molecule has 1 saturated heterocycles. The number of rotatable bonds is 3. The van der Waals surface area contributed by atoms with Crippen molar-refractivity contribution in [1.82, 2.24) is 9.03 Å². The first-order valence-electron chi connectivity index (χ1n) is 6.68. The van der Waals surface area contributed by atoms with Crippen LogP contribution in [-0.4, -0.2) is 31.4 Å². The Kier molecular flexibility index (Phi) is 3.95. The molecular formula is C12H21N3O2S. The molecule has 0 spiro atoms. The van der Waals surface area contributed by atoms with Crippen LogP contribution in [0.5, 0.6) is 0 Å². The van der Waals surface area contributed by atoms with E-state index in [0.29, 0.717) is 31.8 Å². The molecule has 0 aromatic rings. The summed E-state index contributed by atoms with van der Waals surface area (Å²) in [5.74, 6) is 0.591. The van der Waals surface area contributed by atoms with Gasteiger partial charge in [-0.25, -0.2) is 0 Å². The highest BCUT2D eigenvalue weighted by Crippen LogP contribution is 2.30. The van der Waals surface area contributed by atoms with Crippen molar-refractivity contribution in [2.24, 2.45) is 5.92 Å². The average molecular weight is 271 g/mol. The van der Waals surface area contributed by atoms with Crippen LogP contribution in [-0.2, 0) is 10.2 Å². The molecule has 2 aliphatic rings. The molecule has 6 heteroatoms. The van der Waals surface area contributed by atoms with Gasteiger partial charge in [0.2, 0.25) is 0 Å². The van der Waals surface area contributed by atoms with Crippen molar-refractivity contribution in [3.05, 3.63) is 0 Å². The van der Waals surface area contributed by atoms with Crippen LogP contribution in [0.2, 0.25) is 0 Å². The molecule has 1 aliphatic carbocycles. The lowest BCUT2D eigenvalue weighted by Crippen LogP contribution is -2.53. The van der Waals surface area contributed by atoms with Gasteiger partial charge in [-0.15, -0.1) is 0 Å². The zero-order valence-corrected chi connectivity index (χ0v) is 11.7. The summed E-state index contributed by atoms with van der Waals surface area (Å²) in [6.07, 6.45) is 4.92. The molecule has 0 unspecified atom stereocenters. The number of nitrogens with one attached hydrogen (secondary N) is 1. The molecule has 0 amide bonds. The largest absolute Gasteiger partial charge is 0.280 e. The van der Waals surface area contributed by atoms with Gasteiger partial charge >= 0.3 is 0 Å². The summed E-state index contributed by atoms with van der Waals surface area (Å²) < 4.78 is 28.7. The van der Waals surface area contributed by atoms with Crippen LogP contribution in [0, 0.1) is 17.2 Å². The number of piperidine rings is 1. The van der Waals surface area contributed by atoms with E-state index in [0.717, 1.165) is 25.7 Å². The fraction of sp³-hybridized carbons (Fsp3) is 0.917. The first kappa shape index (κ1) is 13.8. The molecule has 2 fully saturated rings. The molecular weight excluding hydrogens is 250 g/mol. The summed E-state index contributed by atoms with van der Waals surface area (Å²) >= 11 is 0. The Morgan fingerprint density at radius 1 is 1.28 bits per heavy atom. The van der Waals surface area contributed by atoms with Gasteiger partial charge in [0.05, 0.1) is 6.07 Å². The minimum Gasteiger partial charge on any atom is -0.196 e. The summed E-state index contributed by atoms with van der Waals surface area (Å²) in [4.78, 5) is 0. The minimum absolute atomic E-state index is 0.567. The molecule has 0 bridgehead atoms. The highest BCUT2D eigenvalue weighted by Gasteiger charge is 2.40.